The van der Waals surface area contributed by atoms with Crippen molar-refractivity contribution in [1.82, 2.24) is 14.7 Å². The number of carbonyl (C=O) groups is 1. The van der Waals surface area contributed by atoms with Crippen LogP contribution in [-0.4, -0.2) is 72.2 Å². The number of ether oxygens (including phenoxy) is 1. The molecular weight excluding hydrogens is 362 g/mol. The molecule has 2 rings (SSSR count). The Hall–Kier alpha value is -1.30. The van der Waals surface area contributed by atoms with Gasteiger partial charge in [0.05, 0.1) is 0 Å². The highest BCUT2D eigenvalue weighted by atomic mass is 35.5. The normalized spacial score (nSPS) is 17.2. The summed E-state index contributed by atoms with van der Waals surface area (Å²) >= 11 is 6.53. The van der Waals surface area contributed by atoms with Crippen LogP contribution in [0.25, 0.3) is 0 Å². The van der Waals surface area contributed by atoms with E-state index in [4.69, 9.17) is 16.3 Å². The predicted molar refractivity (Wildman–Crippen MR) is 111 cm³/mol. The molecule has 27 heavy (non-hydrogen) atoms. The maximum Gasteiger partial charge on any atom is 0.410 e. The van der Waals surface area contributed by atoms with E-state index in [0.717, 1.165) is 43.3 Å². The molecule has 1 aromatic carbocycles. The van der Waals surface area contributed by atoms with E-state index in [1.807, 2.05) is 43.9 Å². The quantitative estimate of drug-likeness (QED) is 0.720. The van der Waals surface area contributed by atoms with Gasteiger partial charge in [0.15, 0.2) is 0 Å². The van der Waals surface area contributed by atoms with Crippen LogP contribution in [0.3, 0.4) is 0 Å². The topological polar surface area (TPSA) is 36.0 Å². The van der Waals surface area contributed by atoms with Gasteiger partial charge in [0.25, 0.3) is 0 Å². The molecule has 152 valence electrons. The number of piperazine rings is 1. The minimum Gasteiger partial charge on any atom is -0.444 e. The molecule has 1 aliphatic heterocycles. The lowest BCUT2D eigenvalue weighted by molar-refractivity contribution is 0.00819. The Morgan fingerprint density at radius 1 is 1.15 bits per heavy atom. The molecule has 0 aliphatic carbocycles. The molecule has 0 bridgehead atoms. The summed E-state index contributed by atoms with van der Waals surface area (Å²) in [5.41, 5.74) is 0.702. The van der Waals surface area contributed by atoms with Crippen LogP contribution in [0.15, 0.2) is 24.3 Å². The van der Waals surface area contributed by atoms with E-state index >= 15 is 0 Å². The van der Waals surface area contributed by atoms with Crippen LogP contribution in [0.2, 0.25) is 5.02 Å². The van der Waals surface area contributed by atoms with Gasteiger partial charge in [-0.05, 0) is 45.5 Å². The standard InChI is InChI=1S/C21H34ClN3O2/c1-6-23(7-2)16-19(17-10-8-9-11-18(17)22)24-12-14-25(15-13-24)20(26)27-21(3,4)5/h8-11,19H,6-7,12-16H2,1-5H3. The number of halogens is 1. The second kappa shape index (κ2) is 9.76. The van der Waals surface area contributed by atoms with Gasteiger partial charge in [0.1, 0.15) is 5.60 Å². The van der Waals surface area contributed by atoms with Gasteiger partial charge in [0, 0.05) is 43.8 Å². The maximum absolute atomic E-state index is 12.3. The summed E-state index contributed by atoms with van der Waals surface area (Å²) in [6.45, 7) is 16.0. The molecule has 1 amide bonds. The molecule has 0 spiro atoms. The summed E-state index contributed by atoms with van der Waals surface area (Å²) in [5, 5.41) is 0.809. The predicted octanol–water partition coefficient (Wildman–Crippen LogP) is 4.28. The fourth-order valence-electron chi connectivity index (χ4n) is 3.42. The summed E-state index contributed by atoms with van der Waals surface area (Å²) in [4.78, 5) is 19.0. The van der Waals surface area contributed by atoms with Crippen molar-refractivity contribution in [3.05, 3.63) is 34.9 Å². The van der Waals surface area contributed by atoms with Crippen LogP contribution in [0.4, 0.5) is 4.79 Å². The molecule has 6 heteroatoms. The zero-order chi connectivity index (χ0) is 20.0. The van der Waals surface area contributed by atoms with E-state index in [-0.39, 0.29) is 12.1 Å². The summed E-state index contributed by atoms with van der Waals surface area (Å²) < 4.78 is 5.52. The van der Waals surface area contributed by atoms with Crippen molar-refractivity contribution < 1.29 is 9.53 Å². The van der Waals surface area contributed by atoms with E-state index in [0.29, 0.717) is 13.1 Å². The maximum atomic E-state index is 12.3. The number of carbonyl (C=O) groups excluding carboxylic acids is 1. The van der Waals surface area contributed by atoms with Crippen molar-refractivity contribution in [1.29, 1.82) is 0 Å². The van der Waals surface area contributed by atoms with Crippen LogP contribution < -0.4 is 0 Å². The minimum atomic E-state index is -0.461. The number of rotatable bonds is 6. The third kappa shape index (κ3) is 6.37. The molecule has 5 nitrogen and oxygen atoms in total. The molecule has 0 N–H and O–H groups in total. The second-order valence-corrected chi connectivity index (χ2v) is 8.43. The third-order valence-electron chi connectivity index (χ3n) is 5.00. The Balaban J connectivity index is 2.09. The van der Waals surface area contributed by atoms with Gasteiger partial charge in [0.2, 0.25) is 0 Å². The van der Waals surface area contributed by atoms with E-state index in [9.17, 15) is 4.79 Å². The Morgan fingerprint density at radius 2 is 1.74 bits per heavy atom. The van der Waals surface area contributed by atoms with Gasteiger partial charge < -0.3 is 14.5 Å². The number of benzene rings is 1. The molecule has 0 saturated carbocycles. The van der Waals surface area contributed by atoms with E-state index in [2.05, 4.69) is 29.7 Å². The van der Waals surface area contributed by atoms with Crippen molar-refractivity contribution in [2.75, 3.05) is 45.8 Å². The molecule has 1 atom stereocenters. The lowest BCUT2D eigenvalue weighted by Crippen LogP contribution is -2.52. The summed E-state index contributed by atoms with van der Waals surface area (Å²) in [5.74, 6) is 0. The number of hydrogen-bond donors (Lipinski definition) is 0. The monoisotopic (exact) mass is 395 g/mol. The highest BCUT2D eigenvalue weighted by molar-refractivity contribution is 6.31. The highest BCUT2D eigenvalue weighted by Gasteiger charge is 2.30. The summed E-state index contributed by atoms with van der Waals surface area (Å²) in [6, 6.07) is 8.33. The van der Waals surface area contributed by atoms with Crippen molar-refractivity contribution in [3.63, 3.8) is 0 Å². The summed E-state index contributed by atoms with van der Waals surface area (Å²) in [7, 11) is 0. The fourth-order valence-corrected chi connectivity index (χ4v) is 3.69. The smallest absolute Gasteiger partial charge is 0.410 e. The summed E-state index contributed by atoms with van der Waals surface area (Å²) in [6.07, 6.45) is -0.222. The molecule has 1 saturated heterocycles. The zero-order valence-electron chi connectivity index (χ0n) is 17.4. The second-order valence-electron chi connectivity index (χ2n) is 8.03. The Labute approximate surface area is 169 Å². The van der Waals surface area contributed by atoms with Gasteiger partial charge in [-0.25, -0.2) is 4.79 Å². The minimum absolute atomic E-state index is 0.222. The third-order valence-corrected chi connectivity index (χ3v) is 5.34. The first kappa shape index (κ1) is 22.0. The van der Waals surface area contributed by atoms with Crippen molar-refractivity contribution in [2.45, 2.75) is 46.3 Å². The molecule has 1 fully saturated rings. The van der Waals surface area contributed by atoms with Crippen LogP contribution in [0.5, 0.6) is 0 Å². The largest absolute Gasteiger partial charge is 0.444 e. The van der Waals surface area contributed by atoms with E-state index in [1.54, 1.807) is 0 Å². The fraction of sp³-hybridized carbons (Fsp3) is 0.667. The molecule has 1 unspecified atom stereocenters. The van der Waals surface area contributed by atoms with Gasteiger partial charge in [-0.15, -0.1) is 0 Å². The van der Waals surface area contributed by atoms with Gasteiger partial charge in [-0.3, -0.25) is 4.90 Å². The van der Waals surface area contributed by atoms with Crippen molar-refractivity contribution in [3.8, 4) is 0 Å². The first-order valence-electron chi connectivity index (χ1n) is 9.94. The molecule has 0 aromatic heterocycles. The van der Waals surface area contributed by atoms with Crippen molar-refractivity contribution in [2.24, 2.45) is 0 Å². The van der Waals surface area contributed by atoms with Crippen molar-refractivity contribution >= 4 is 17.7 Å². The average Bonchev–Trinajstić information content (AvgIpc) is 2.62. The molecule has 1 aromatic rings. The van der Waals surface area contributed by atoms with Gasteiger partial charge in [-0.1, -0.05) is 43.6 Å². The Kier molecular flexibility index (Phi) is 7.95. The number of hydrogen-bond acceptors (Lipinski definition) is 4. The average molecular weight is 396 g/mol. The molecular formula is C21H34ClN3O2. The lowest BCUT2D eigenvalue weighted by atomic mass is 10.0. The first-order valence-corrected chi connectivity index (χ1v) is 10.3. The molecule has 1 aliphatic rings. The first-order chi connectivity index (χ1) is 12.7. The van der Waals surface area contributed by atoms with Gasteiger partial charge in [-0.2, -0.15) is 0 Å². The van der Waals surface area contributed by atoms with E-state index in [1.165, 1.54) is 0 Å². The number of nitrogens with zero attached hydrogens (tertiary/aromatic N) is 3. The van der Waals surface area contributed by atoms with Crippen LogP contribution in [0, 0.1) is 0 Å². The highest BCUT2D eigenvalue weighted by Crippen LogP contribution is 2.29. The van der Waals surface area contributed by atoms with E-state index < -0.39 is 5.60 Å². The van der Waals surface area contributed by atoms with Gasteiger partial charge >= 0.3 is 6.09 Å². The van der Waals surface area contributed by atoms with Crippen LogP contribution in [-0.2, 0) is 4.74 Å². The number of amides is 1. The Bertz CT molecular complexity index is 606. The lowest BCUT2D eigenvalue weighted by Gasteiger charge is -2.41. The molecule has 1 heterocycles. The molecule has 0 radical (unpaired) electrons. The Morgan fingerprint density at radius 3 is 2.26 bits per heavy atom. The number of likely N-dealkylation sites (N-methyl/N-ethyl adjacent to an activating group) is 1. The van der Waals surface area contributed by atoms with Crippen LogP contribution in [0.1, 0.15) is 46.2 Å². The zero-order valence-corrected chi connectivity index (χ0v) is 18.1. The SMILES string of the molecule is CCN(CC)CC(c1ccccc1Cl)N1CCN(C(=O)OC(C)(C)C)CC1. The van der Waals surface area contributed by atoms with Crippen LogP contribution >= 0.6 is 11.6 Å².